The predicted molar refractivity (Wildman–Crippen MR) is 304 cm³/mol. The number of ether oxygens (including phenoxy) is 2. The zero-order valence-electron chi connectivity index (χ0n) is 45.1. The average molecular weight is 1000 g/mol. The topological polar surface area (TPSA) is 94.1 Å². The lowest BCUT2D eigenvalue weighted by molar-refractivity contribution is -0.870. The van der Waals surface area contributed by atoms with Gasteiger partial charge in [0.15, 0.2) is 0 Å². The Labute approximate surface area is 434 Å². The Morgan fingerprint density at radius 1 is 0.437 bits per heavy atom. The van der Waals surface area contributed by atoms with Crippen molar-refractivity contribution in [2.45, 2.75) is 161 Å². The average Bonchev–Trinajstić information content (AvgIpc) is 3.33. The molecule has 0 fully saturated rings. The summed E-state index contributed by atoms with van der Waals surface area (Å²) >= 11 is 0. The van der Waals surface area contributed by atoms with Gasteiger partial charge < -0.3 is 27.9 Å². The number of esters is 1. The van der Waals surface area contributed by atoms with Crippen LogP contribution in [-0.2, 0) is 27.9 Å². The van der Waals surface area contributed by atoms with Crippen molar-refractivity contribution < 1.29 is 37.3 Å². The fourth-order valence-corrected chi connectivity index (χ4v) is 6.94. The number of unbranched alkanes of at least 4 members (excludes halogenated alkanes) is 5. The van der Waals surface area contributed by atoms with Gasteiger partial charge in [0, 0.05) is 13.0 Å². The van der Waals surface area contributed by atoms with Crippen LogP contribution in [-0.4, -0.2) is 70.7 Å². The number of likely N-dealkylation sites (N-methyl/N-ethyl adjacent to an activating group) is 1. The highest BCUT2D eigenvalue weighted by molar-refractivity contribution is 7.45. The Balaban J connectivity index is 4.36. The van der Waals surface area contributed by atoms with Crippen molar-refractivity contribution in [3.63, 3.8) is 0 Å². The number of allylic oxidation sites excluding steroid dienone is 28. The van der Waals surface area contributed by atoms with Gasteiger partial charge in [-0.15, -0.1) is 0 Å². The molecule has 0 amide bonds. The van der Waals surface area contributed by atoms with Gasteiger partial charge in [-0.05, 0) is 128 Å². The molecule has 71 heavy (non-hydrogen) atoms. The molecule has 0 aromatic rings. The van der Waals surface area contributed by atoms with Crippen molar-refractivity contribution in [2.24, 2.45) is 0 Å². The van der Waals surface area contributed by atoms with Gasteiger partial charge in [-0.1, -0.05) is 190 Å². The van der Waals surface area contributed by atoms with Gasteiger partial charge in [0.05, 0.1) is 34.4 Å². The number of hydrogen-bond acceptors (Lipinski definition) is 7. The minimum Gasteiger partial charge on any atom is -0.756 e. The summed E-state index contributed by atoms with van der Waals surface area (Å²) < 4.78 is 34.7. The number of carbonyl (C=O) groups excluding carboxylic acids is 1. The second kappa shape index (κ2) is 52.2. The van der Waals surface area contributed by atoms with Crippen LogP contribution in [0.4, 0.5) is 0 Å². The molecule has 0 spiro atoms. The molecule has 0 aliphatic heterocycles. The highest BCUT2D eigenvalue weighted by Gasteiger charge is 2.20. The molecule has 0 aromatic heterocycles. The van der Waals surface area contributed by atoms with Crippen molar-refractivity contribution >= 4 is 13.8 Å². The molecule has 8 nitrogen and oxygen atoms in total. The molecule has 2 unspecified atom stereocenters. The lowest BCUT2D eigenvalue weighted by Crippen LogP contribution is -2.37. The molecule has 9 heteroatoms. The van der Waals surface area contributed by atoms with E-state index in [1.807, 2.05) is 21.1 Å². The van der Waals surface area contributed by atoms with Gasteiger partial charge in [-0.3, -0.25) is 9.36 Å². The summed E-state index contributed by atoms with van der Waals surface area (Å²) in [7, 11) is 1.27. The summed E-state index contributed by atoms with van der Waals surface area (Å²) in [6, 6.07) is 0. The van der Waals surface area contributed by atoms with E-state index in [2.05, 4.69) is 184 Å². The lowest BCUT2D eigenvalue weighted by atomic mass is 10.1. The number of carbonyl (C=O) groups is 1. The first-order valence-corrected chi connectivity index (χ1v) is 28.3. The Morgan fingerprint density at radius 2 is 0.775 bits per heavy atom. The maximum Gasteiger partial charge on any atom is 0.306 e. The van der Waals surface area contributed by atoms with E-state index in [1.165, 1.54) is 0 Å². The van der Waals surface area contributed by atoms with E-state index >= 15 is 0 Å². The first-order chi connectivity index (χ1) is 34.6. The first kappa shape index (κ1) is 66.9. The van der Waals surface area contributed by atoms with Gasteiger partial charge in [-0.2, -0.15) is 0 Å². The molecule has 0 aromatic carbocycles. The maximum absolute atomic E-state index is 12.8. The third-order valence-electron chi connectivity index (χ3n) is 10.3. The highest BCUT2D eigenvalue weighted by atomic mass is 31.2. The number of phosphoric acid groups is 1. The second-order valence-electron chi connectivity index (χ2n) is 18.1. The molecular formula is C62H98NO7P. The van der Waals surface area contributed by atoms with E-state index in [-0.39, 0.29) is 32.2 Å². The van der Waals surface area contributed by atoms with Crippen LogP contribution in [0.1, 0.15) is 155 Å². The smallest absolute Gasteiger partial charge is 0.306 e. The Bertz CT molecular complexity index is 1730. The summed E-state index contributed by atoms with van der Waals surface area (Å²) in [5.41, 5.74) is 0. The third kappa shape index (κ3) is 56.6. The third-order valence-corrected chi connectivity index (χ3v) is 11.2. The SMILES string of the molecule is CC/C=C\C/C=C\C/C=C\C/C=C\C/C=C\C/C=C\C/C=C\CCCCCC(=O)OC(COCCCC/C=C\C/C=C\C/C=C\C/C=C\C/C=C\C/C=C\C/C=C\CC)COP(=O)([O-])OCC[N+](C)(C)C. The van der Waals surface area contributed by atoms with Crippen molar-refractivity contribution in [1.82, 2.24) is 0 Å². The monoisotopic (exact) mass is 1000 g/mol. The van der Waals surface area contributed by atoms with Gasteiger partial charge in [-0.25, -0.2) is 0 Å². The van der Waals surface area contributed by atoms with Crippen LogP contribution >= 0.6 is 7.82 Å². The van der Waals surface area contributed by atoms with E-state index in [0.717, 1.165) is 128 Å². The van der Waals surface area contributed by atoms with Crippen LogP contribution in [0, 0.1) is 0 Å². The number of quaternary nitrogens is 1. The Kier molecular flexibility index (Phi) is 49.1. The van der Waals surface area contributed by atoms with E-state index in [0.29, 0.717) is 24.1 Å². The van der Waals surface area contributed by atoms with Crippen molar-refractivity contribution in [3.8, 4) is 0 Å². The van der Waals surface area contributed by atoms with Crippen molar-refractivity contribution in [2.75, 3.05) is 54.1 Å². The molecule has 0 bridgehead atoms. The summed E-state index contributed by atoms with van der Waals surface area (Å²) in [5, 5.41) is 0. The van der Waals surface area contributed by atoms with E-state index < -0.39 is 13.9 Å². The molecule has 0 radical (unpaired) electrons. The molecule has 0 heterocycles. The summed E-state index contributed by atoms with van der Waals surface area (Å²) in [5.74, 6) is -0.390. The number of phosphoric ester groups is 1. The molecule has 0 rings (SSSR count). The van der Waals surface area contributed by atoms with E-state index in [1.54, 1.807) is 0 Å². The molecule has 0 aliphatic rings. The van der Waals surface area contributed by atoms with Crippen LogP contribution < -0.4 is 4.89 Å². The maximum atomic E-state index is 12.8. The molecule has 0 N–H and O–H groups in total. The second-order valence-corrected chi connectivity index (χ2v) is 19.5. The fraction of sp³-hybridized carbons (Fsp3) is 0.532. The van der Waals surface area contributed by atoms with Gasteiger partial charge >= 0.3 is 5.97 Å². The van der Waals surface area contributed by atoms with Gasteiger partial charge in [0.25, 0.3) is 7.82 Å². The van der Waals surface area contributed by atoms with Crippen molar-refractivity contribution in [1.29, 1.82) is 0 Å². The molecule has 0 saturated carbocycles. The van der Waals surface area contributed by atoms with E-state index in [4.69, 9.17) is 18.5 Å². The van der Waals surface area contributed by atoms with Crippen molar-refractivity contribution in [3.05, 3.63) is 170 Å². The molecule has 2 atom stereocenters. The summed E-state index contributed by atoms with van der Waals surface area (Å²) in [6.45, 7) is 4.97. The minimum atomic E-state index is -4.57. The quantitative estimate of drug-likeness (QED) is 0.0197. The predicted octanol–water partition coefficient (Wildman–Crippen LogP) is 16.5. The highest BCUT2D eigenvalue weighted by Crippen LogP contribution is 2.38. The standard InChI is InChI=1S/C62H98NO7P/c1-6-8-10-12-14-16-18-20-22-24-26-28-30-32-33-35-37-39-41-43-45-47-49-51-53-55-62(64)70-61(60-69-71(65,66)68-58-56-63(3,4)5)59-67-57-54-52-50-48-46-44-42-40-38-36-34-31-29-27-25-23-21-19-17-15-13-11-9-7-2/h8-11,14-17,20-23,26-29,32-34,36-37,39-40,42-43,45-46,48,61H,6-7,12-13,18-19,24-25,30-31,35,38,41,44,47,49-60H2,1-5H3/b10-8-,11-9-,16-14-,17-15-,22-20-,23-21-,28-26-,29-27-,33-32-,36-34-,39-37-,42-40-,45-43-,48-46-. The lowest BCUT2D eigenvalue weighted by Gasteiger charge is -2.28. The van der Waals surface area contributed by atoms with Crippen LogP contribution in [0.15, 0.2) is 170 Å². The van der Waals surface area contributed by atoms with Crippen LogP contribution in [0.2, 0.25) is 0 Å². The summed E-state index contributed by atoms with van der Waals surface area (Å²) in [6.07, 6.45) is 81.1. The van der Waals surface area contributed by atoms with Crippen LogP contribution in [0.25, 0.3) is 0 Å². The van der Waals surface area contributed by atoms with Crippen LogP contribution in [0.5, 0.6) is 0 Å². The number of hydrogen-bond donors (Lipinski definition) is 0. The van der Waals surface area contributed by atoms with Gasteiger partial charge in [0.1, 0.15) is 19.3 Å². The Morgan fingerprint density at radius 3 is 1.13 bits per heavy atom. The number of rotatable bonds is 47. The Hall–Kier alpha value is -4.14. The van der Waals surface area contributed by atoms with E-state index in [9.17, 15) is 14.3 Å². The summed E-state index contributed by atoms with van der Waals surface area (Å²) in [4.78, 5) is 25.2. The minimum absolute atomic E-state index is 0.00123. The largest absolute Gasteiger partial charge is 0.756 e. The first-order valence-electron chi connectivity index (χ1n) is 26.9. The number of nitrogens with zero attached hydrogens (tertiary/aromatic N) is 1. The molecule has 0 aliphatic carbocycles. The molecule has 0 saturated heterocycles. The normalized spacial score (nSPS) is 14.8. The zero-order valence-corrected chi connectivity index (χ0v) is 46.0. The van der Waals surface area contributed by atoms with Crippen LogP contribution in [0.3, 0.4) is 0 Å². The fourth-order valence-electron chi connectivity index (χ4n) is 6.21. The molecular weight excluding hydrogens is 902 g/mol. The zero-order chi connectivity index (χ0) is 51.9. The molecule has 398 valence electrons. The van der Waals surface area contributed by atoms with Gasteiger partial charge in [0.2, 0.25) is 0 Å².